The number of hydrogen-bond donors (Lipinski definition) is 2. The average Bonchev–Trinajstić information content (AvgIpc) is 2.63. The average molecular weight is 491 g/mol. The van der Waals surface area contributed by atoms with Gasteiger partial charge < -0.3 is 15.5 Å². The Bertz CT molecular complexity index is 606. The molecule has 1 amide bonds. The molecule has 2 rings (SSSR count). The van der Waals surface area contributed by atoms with E-state index in [0.717, 1.165) is 45.2 Å². The zero-order valence-corrected chi connectivity index (χ0v) is 18.5. The van der Waals surface area contributed by atoms with E-state index in [1.165, 1.54) is 6.07 Å². The number of aliphatic imine (C=N–C) groups is 1. The van der Waals surface area contributed by atoms with Gasteiger partial charge in [0.1, 0.15) is 5.82 Å². The van der Waals surface area contributed by atoms with E-state index in [0.29, 0.717) is 25.1 Å². The lowest BCUT2D eigenvalue weighted by molar-refractivity contribution is -0.130. The van der Waals surface area contributed by atoms with E-state index >= 15 is 0 Å². The lowest BCUT2D eigenvalue weighted by Gasteiger charge is -2.33. The first kappa shape index (κ1) is 23.6. The monoisotopic (exact) mass is 491 g/mol. The second kappa shape index (κ2) is 12.9. The zero-order valence-electron chi connectivity index (χ0n) is 16.2. The molecule has 152 valence electrons. The molecule has 2 N–H and O–H groups in total. The van der Waals surface area contributed by atoms with Crippen molar-refractivity contribution >= 4 is 35.8 Å². The van der Waals surface area contributed by atoms with Crippen molar-refractivity contribution in [3.8, 4) is 0 Å². The summed E-state index contributed by atoms with van der Waals surface area (Å²) < 4.78 is 13.6. The van der Waals surface area contributed by atoms with Gasteiger partial charge in [-0.05, 0) is 25.0 Å². The highest BCUT2D eigenvalue weighted by Crippen LogP contribution is 2.06. The summed E-state index contributed by atoms with van der Waals surface area (Å²) in [5.41, 5.74) is 0.708. The molecule has 1 aliphatic rings. The molecule has 0 aliphatic carbocycles. The number of benzene rings is 1. The Labute approximate surface area is 178 Å². The third-order valence-electron chi connectivity index (χ3n) is 4.49. The van der Waals surface area contributed by atoms with Crippen LogP contribution in [0.25, 0.3) is 0 Å². The Morgan fingerprint density at radius 3 is 2.52 bits per heavy atom. The fraction of sp³-hybridized carbons (Fsp3) is 0.579. The molecule has 0 unspecified atom stereocenters. The van der Waals surface area contributed by atoms with Crippen LogP contribution >= 0.6 is 24.0 Å². The first-order chi connectivity index (χ1) is 12.6. The number of amides is 1. The predicted molar refractivity (Wildman–Crippen MR) is 118 cm³/mol. The first-order valence-corrected chi connectivity index (χ1v) is 9.33. The highest BCUT2D eigenvalue weighted by molar-refractivity contribution is 14.0. The molecule has 1 fully saturated rings. The fourth-order valence-corrected chi connectivity index (χ4v) is 2.95. The number of piperazine rings is 1. The van der Waals surface area contributed by atoms with Crippen molar-refractivity contribution in [1.82, 2.24) is 20.4 Å². The standard InChI is InChI=1S/C19H30FN5O.HI/c1-3-21-19(22-9-8-17-6-4-5-7-18(17)20)23-10-11-24-12-14-25(15-13-24)16(2)26;/h4-7H,3,8-15H2,1-2H3,(H2,21,22,23);1H. The Hall–Kier alpha value is -1.42. The van der Waals surface area contributed by atoms with Crippen molar-refractivity contribution in [2.75, 3.05) is 52.4 Å². The van der Waals surface area contributed by atoms with Crippen LogP contribution in [0.3, 0.4) is 0 Å². The van der Waals surface area contributed by atoms with Crippen LogP contribution in [0.5, 0.6) is 0 Å². The van der Waals surface area contributed by atoms with E-state index in [1.54, 1.807) is 13.0 Å². The van der Waals surface area contributed by atoms with Crippen molar-refractivity contribution in [3.05, 3.63) is 35.6 Å². The maximum absolute atomic E-state index is 13.6. The Balaban J connectivity index is 0.00000364. The molecule has 1 heterocycles. The van der Waals surface area contributed by atoms with Gasteiger partial charge in [0.25, 0.3) is 0 Å². The van der Waals surface area contributed by atoms with Crippen LogP contribution in [-0.2, 0) is 11.2 Å². The molecular weight excluding hydrogens is 460 g/mol. The van der Waals surface area contributed by atoms with Gasteiger partial charge >= 0.3 is 0 Å². The maximum Gasteiger partial charge on any atom is 0.219 e. The van der Waals surface area contributed by atoms with Crippen molar-refractivity contribution in [1.29, 1.82) is 0 Å². The Kier molecular flexibility index (Phi) is 11.3. The van der Waals surface area contributed by atoms with Crippen LogP contribution in [-0.4, -0.2) is 74.0 Å². The summed E-state index contributed by atoms with van der Waals surface area (Å²) in [6.45, 7) is 9.99. The maximum atomic E-state index is 13.6. The van der Waals surface area contributed by atoms with Gasteiger partial charge in [-0.25, -0.2) is 4.39 Å². The van der Waals surface area contributed by atoms with Crippen LogP contribution in [0.2, 0.25) is 0 Å². The highest BCUT2D eigenvalue weighted by Gasteiger charge is 2.17. The minimum Gasteiger partial charge on any atom is -0.357 e. The number of nitrogens with zero attached hydrogens (tertiary/aromatic N) is 3. The van der Waals surface area contributed by atoms with Crippen LogP contribution in [0.4, 0.5) is 4.39 Å². The van der Waals surface area contributed by atoms with Gasteiger partial charge in [0.2, 0.25) is 5.91 Å². The number of carbonyl (C=O) groups is 1. The third-order valence-corrected chi connectivity index (χ3v) is 4.49. The molecule has 0 bridgehead atoms. The molecule has 8 heteroatoms. The molecule has 0 radical (unpaired) electrons. The summed E-state index contributed by atoms with van der Waals surface area (Å²) in [6.07, 6.45) is 0.615. The molecule has 1 aliphatic heterocycles. The number of nitrogens with one attached hydrogen (secondary N) is 2. The number of carbonyl (C=O) groups excluding carboxylic acids is 1. The zero-order chi connectivity index (χ0) is 18.8. The summed E-state index contributed by atoms with van der Waals surface area (Å²) in [7, 11) is 0. The summed E-state index contributed by atoms with van der Waals surface area (Å²) in [6, 6.07) is 6.85. The summed E-state index contributed by atoms with van der Waals surface area (Å²) >= 11 is 0. The van der Waals surface area contributed by atoms with Crippen LogP contribution in [0, 0.1) is 5.82 Å². The number of hydrogen-bond acceptors (Lipinski definition) is 3. The van der Waals surface area contributed by atoms with Crippen molar-refractivity contribution in [3.63, 3.8) is 0 Å². The predicted octanol–water partition coefficient (Wildman–Crippen LogP) is 1.71. The Morgan fingerprint density at radius 2 is 1.89 bits per heavy atom. The molecule has 1 aromatic carbocycles. The van der Waals surface area contributed by atoms with E-state index in [4.69, 9.17) is 0 Å². The van der Waals surface area contributed by atoms with E-state index in [9.17, 15) is 9.18 Å². The SMILES string of the molecule is CCNC(=NCCN1CCN(C(C)=O)CC1)NCCc1ccccc1F.I. The largest absolute Gasteiger partial charge is 0.357 e. The van der Waals surface area contributed by atoms with Gasteiger partial charge in [0.15, 0.2) is 5.96 Å². The van der Waals surface area contributed by atoms with Crippen molar-refractivity contribution < 1.29 is 9.18 Å². The topological polar surface area (TPSA) is 60.0 Å². The second-order valence-electron chi connectivity index (χ2n) is 6.38. The van der Waals surface area contributed by atoms with Gasteiger partial charge in [-0.2, -0.15) is 0 Å². The van der Waals surface area contributed by atoms with E-state index in [2.05, 4.69) is 20.5 Å². The van der Waals surface area contributed by atoms with Gasteiger partial charge in [-0.1, -0.05) is 18.2 Å². The lowest BCUT2D eigenvalue weighted by Crippen LogP contribution is -2.48. The fourth-order valence-electron chi connectivity index (χ4n) is 2.95. The third kappa shape index (κ3) is 8.42. The van der Waals surface area contributed by atoms with Gasteiger partial charge in [0, 0.05) is 52.7 Å². The van der Waals surface area contributed by atoms with Crippen LogP contribution < -0.4 is 10.6 Å². The van der Waals surface area contributed by atoms with E-state index < -0.39 is 0 Å². The minimum absolute atomic E-state index is 0. The molecule has 0 atom stereocenters. The molecule has 6 nitrogen and oxygen atoms in total. The molecule has 1 aromatic rings. The minimum atomic E-state index is -0.166. The Morgan fingerprint density at radius 1 is 1.19 bits per heavy atom. The number of halogens is 2. The van der Waals surface area contributed by atoms with Gasteiger partial charge in [0.05, 0.1) is 6.54 Å². The molecule has 0 spiro atoms. The smallest absolute Gasteiger partial charge is 0.219 e. The lowest BCUT2D eigenvalue weighted by atomic mass is 10.1. The van der Waals surface area contributed by atoms with Gasteiger partial charge in [-0.3, -0.25) is 14.7 Å². The van der Waals surface area contributed by atoms with Crippen LogP contribution in [0.15, 0.2) is 29.3 Å². The van der Waals surface area contributed by atoms with Crippen LogP contribution in [0.1, 0.15) is 19.4 Å². The van der Waals surface area contributed by atoms with Crippen molar-refractivity contribution in [2.24, 2.45) is 4.99 Å². The first-order valence-electron chi connectivity index (χ1n) is 9.33. The summed E-state index contributed by atoms with van der Waals surface area (Å²) in [5.74, 6) is 0.739. The molecular formula is C19H31FIN5O. The highest BCUT2D eigenvalue weighted by atomic mass is 127. The molecule has 0 aromatic heterocycles. The van der Waals surface area contributed by atoms with E-state index in [-0.39, 0.29) is 35.7 Å². The second-order valence-corrected chi connectivity index (χ2v) is 6.38. The summed E-state index contributed by atoms with van der Waals surface area (Å²) in [5, 5.41) is 6.47. The molecule has 1 saturated heterocycles. The van der Waals surface area contributed by atoms with Gasteiger partial charge in [-0.15, -0.1) is 24.0 Å². The number of guanidine groups is 1. The van der Waals surface area contributed by atoms with E-state index in [1.807, 2.05) is 24.0 Å². The summed E-state index contributed by atoms with van der Waals surface area (Å²) in [4.78, 5) is 20.2. The molecule has 0 saturated carbocycles. The normalized spacial score (nSPS) is 15.2. The molecule has 27 heavy (non-hydrogen) atoms. The number of rotatable bonds is 7. The quantitative estimate of drug-likeness (QED) is 0.347. The van der Waals surface area contributed by atoms with Crippen molar-refractivity contribution in [2.45, 2.75) is 20.3 Å².